The summed E-state index contributed by atoms with van der Waals surface area (Å²) in [5, 5.41) is 12.8. The smallest absolute Gasteiger partial charge is 0.404 e. The van der Waals surface area contributed by atoms with E-state index in [1.807, 2.05) is 18.3 Å². The third-order valence-corrected chi connectivity index (χ3v) is 4.76. The fraction of sp³-hybridized carbons (Fsp3) is 0.421. The maximum atomic E-state index is 11.5. The number of rotatable bonds is 7. The van der Waals surface area contributed by atoms with Crippen LogP contribution in [0.25, 0.3) is 10.8 Å². The van der Waals surface area contributed by atoms with Crippen molar-refractivity contribution >= 4 is 28.5 Å². The van der Waals surface area contributed by atoms with Crippen molar-refractivity contribution in [2.24, 2.45) is 11.7 Å². The molecular weight excluding hydrogens is 348 g/mol. The molecule has 1 aromatic heterocycles. The van der Waals surface area contributed by atoms with Crippen molar-refractivity contribution in [3.05, 3.63) is 36.2 Å². The molecule has 1 aromatic carbocycles. The van der Waals surface area contributed by atoms with Crippen molar-refractivity contribution in [1.29, 1.82) is 0 Å². The Hall–Kier alpha value is -2.87. The number of benzene rings is 1. The van der Waals surface area contributed by atoms with Crippen LogP contribution in [0.5, 0.6) is 0 Å². The zero-order valence-electron chi connectivity index (χ0n) is 15.1. The van der Waals surface area contributed by atoms with Gasteiger partial charge < -0.3 is 25.8 Å². The van der Waals surface area contributed by atoms with E-state index in [9.17, 15) is 9.59 Å². The molecule has 1 saturated heterocycles. The first-order valence-electron chi connectivity index (χ1n) is 9.01. The summed E-state index contributed by atoms with van der Waals surface area (Å²) in [6, 6.07) is 5.41. The molecule has 2 amide bonds. The lowest BCUT2D eigenvalue weighted by atomic mass is 9.97. The van der Waals surface area contributed by atoms with Gasteiger partial charge in [-0.05, 0) is 30.9 Å². The van der Waals surface area contributed by atoms with E-state index in [2.05, 4.69) is 15.2 Å². The molecule has 0 radical (unpaired) electrons. The van der Waals surface area contributed by atoms with Crippen LogP contribution in [0.2, 0.25) is 0 Å². The van der Waals surface area contributed by atoms with Crippen LogP contribution in [0, 0.1) is 5.92 Å². The Bertz CT molecular complexity index is 826. The van der Waals surface area contributed by atoms with E-state index in [4.69, 9.17) is 15.6 Å². The van der Waals surface area contributed by atoms with Gasteiger partial charge in [0.1, 0.15) is 0 Å². The third-order valence-electron chi connectivity index (χ3n) is 4.76. The maximum absolute atomic E-state index is 11.5. The summed E-state index contributed by atoms with van der Waals surface area (Å²) in [5.41, 5.74) is 6.90. The molecular formula is C19H24N4O4. The number of amides is 2. The van der Waals surface area contributed by atoms with E-state index >= 15 is 0 Å². The zero-order chi connectivity index (χ0) is 19.2. The number of piperidine rings is 1. The molecule has 144 valence electrons. The molecule has 2 heterocycles. The third kappa shape index (κ3) is 4.85. The fourth-order valence-corrected chi connectivity index (χ4v) is 3.45. The molecule has 0 saturated carbocycles. The average Bonchev–Trinajstić information content (AvgIpc) is 2.66. The minimum Gasteiger partial charge on any atom is -0.465 e. The Labute approximate surface area is 157 Å². The van der Waals surface area contributed by atoms with Gasteiger partial charge in [0, 0.05) is 42.2 Å². The topological polar surface area (TPSA) is 118 Å². The van der Waals surface area contributed by atoms with Crippen LogP contribution in [-0.2, 0) is 4.74 Å². The predicted molar refractivity (Wildman–Crippen MR) is 102 cm³/mol. The van der Waals surface area contributed by atoms with E-state index in [0.29, 0.717) is 24.7 Å². The number of hydrogen-bond donors (Lipinski definition) is 3. The van der Waals surface area contributed by atoms with Gasteiger partial charge in [-0.2, -0.15) is 0 Å². The number of fused-ring (bicyclic) bond motifs is 1. The Morgan fingerprint density at radius 2 is 2.22 bits per heavy atom. The van der Waals surface area contributed by atoms with Crippen LogP contribution in [0.4, 0.5) is 10.5 Å². The average molecular weight is 372 g/mol. The Morgan fingerprint density at radius 1 is 1.37 bits per heavy atom. The number of nitrogens with two attached hydrogens (primary N) is 1. The number of carbonyl (C=O) groups is 2. The Balaban J connectivity index is 1.68. The van der Waals surface area contributed by atoms with Gasteiger partial charge in [-0.25, -0.2) is 4.79 Å². The van der Waals surface area contributed by atoms with Crippen LogP contribution in [0.1, 0.15) is 23.2 Å². The van der Waals surface area contributed by atoms with Gasteiger partial charge in [-0.1, -0.05) is 6.07 Å². The first-order valence-corrected chi connectivity index (χ1v) is 9.01. The molecule has 27 heavy (non-hydrogen) atoms. The van der Waals surface area contributed by atoms with Gasteiger partial charge in [0.25, 0.3) is 0 Å². The number of aromatic nitrogens is 1. The van der Waals surface area contributed by atoms with E-state index in [0.717, 1.165) is 42.4 Å². The lowest BCUT2D eigenvalue weighted by Gasteiger charge is -2.34. The molecule has 0 spiro atoms. The molecule has 0 aliphatic carbocycles. The summed E-state index contributed by atoms with van der Waals surface area (Å²) in [6.45, 7) is 2.98. The van der Waals surface area contributed by atoms with Gasteiger partial charge in [0.2, 0.25) is 5.91 Å². The van der Waals surface area contributed by atoms with Crippen LogP contribution in [-0.4, -0.2) is 54.9 Å². The minimum atomic E-state index is -1.04. The predicted octanol–water partition coefficient (Wildman–Crippen LogP) is 1.83. The molecule has 1 fully saturated rings. The van der Waals surface area contributed by atoms with E-state index in [1.54, 1.807) is 12.3 Å². The number of nitrogens with zero attached hydrogens (tertiary/aromatic N) is 2. The van der Waals surface area contributed by atoms with Crippen molar-refractivity contribution in [2.75, 3.05) is 37.7 Å². The van der Waals surface area contributed by atoms with Gasteiger partial charge in [-0.3, -0.25) is 9.78 Å². The van der Waals surface area contributed by atoms with Crippen molar-refractivity contribution in [3.63, 3.8) is 0 Å². The number of pyridine rings is 1. The van der Waals surface area contributed by atoms with Crippen LogP contribution in [0.3, 0.4) is 0 Å². The molecule has 3 rings (SSSR count). The highest BCUT2D eigenvalue weighted by molar-refractivity contribution is 6.01. The number of anilines is 1. The maximum Gasteiger partial charge on any atom is 0.404 e. The number of ether oxygens (including phenoxy) is 1. The molecule has 0 bridgehead atoms. The van der Waals surface area contributed by atoms with Crippen molar-refractivity contribution < 1.29 is 19.4 Å². The van der Waals surface area contributed by atoms with Crippen molar-refractivity contribution in [3.8, 4) is 0 Å². The minimum absolute atomic E-state index is 0.287. The number of carbonyl (C=O) groups excluding carboxylic acids is 1. The second-order valence-corrected chi connectivity index (χ2v) is 6.72. The molecule has 1 unspecified atom stereocenters. The van der Waals surface area contributed by atoms with Crippen molar-refractivity contribution in [2.45, 2.75) is 12.8 Å². The highest BCUT2D eigenvalue weighted by atomic mass is 16.5. The first kappa shape index (κ1) is 18.9. The summed E-state index contributed by atoms with van der Waals surface area (Å²) < 4.78 is 5.62. The van der Waals surface area contributed by atoms with Gasteiger partial charge in [-0.15, -0.1) is 0 Å². The van der Waals surface area contributed by atoms with Crippen molar-refractivity contribution in [1.82, 2.24) is 10.3 Å². The van der Waals surface area contributed by atoms with Gasteiger partial charge >= 0.3 is 6.09 Å². The summed E-state index contributed by atoms with van der Waals surface area (Å²) in [7, 11) is 0. The Morgan fingerprint density at radius 3 is 3.00 bits per heavy atom. The molecule has 8 heteroatoms. The molecule has 8 nitrogen and oxygen atoms in total. The normalized spacial score (nSPS) is 17.0. The lowest BCUT2D eigenvalue weighted by molar-refractivity contribution is 0.0944. The van der Waals surface area contributed by atoms with E-state index < -0.39 is 12.0 Å². The van der Waals surface area contributed by atoms with Crippen LogP contribution in [0.15, 0.2) is 30.6 Å². The fourth-order valence-electron chi connectivity index (χ4n) is 3.45. The lowest BCUT2D eigenvalue weighted by Crippen LogP contribution is -2.37. The molecule has 4 N–H and O–H groups in total. The number of nitrogens with one attached hydrogen (secondary N) is 1. The summed E-state index contributed by atoms with van der Waals surface area (Å²) >= 11 is 0. The quantitative estimate of drug-likeness (QED) is 0.638. The zero-order valence-corrected chi connectivity index (χ0v) is 15.1. The molecule has 1 atom stereocenters. The molecule has 1 aliphatic heterocycles. The van der Waals surface area contributed by atoms with Crippen LogP contribution >= 0.6 is 0 Å². The SMILES string of the molecule is NC(=O)c1ccc2cncc(N3CCCC(COCCNC(=O)O)C3)c2c1. The molecule has 2 aromatic rings. The standard InChI is InChI=1S/C19H24N4O4/c20-18(24)14-3-4-15-9-21-10-17(16(15)8-14)23-6-1-2-13(11-23)12-27-7-5-22-19(25)26/h3-4,8-10,13,22H,1-2,5-7,11-12H2,(H2,20,24)(H,25,26). The monoisotopic (exact) mass is 372 g/mol. The highest BCUT2D eigenvalue weighted by Gasteiger charge is 2.22. The summed E-state index contributed by atoms with van der Waals surface area (Å²) in [5.74, 6) is -0.0855. The first-order chi connectivity index (χ1) is 13.0. The Kier molecular flexibility index (Phi) is 6.08. The second-order valence-electron chi connectivity index (χ2n) is 6.72. The molecule has 1 aliphatic rings. The van der Waals surface area contributed by atoms with Crippen LogP contribution < -0.4 is 16.0 Å². The highest BCUT2D eigenvalue weighted by Crippen LogP contribution is 2.30. The largest absolute Gasteiger partial charge is 0.465 e. The van der Waals surface area contributed by atoms with Gasteiger partial charge in [0.05, 0.1) is 25.1 Å². The number of carboxylic acid groups (broad SMARTS) is 1. The van der Waals surface area contributed by atoms with Gasteiger partial charge in [0.15, 0.2) is 0 Å². The summed E-state index contributed by atoms with van der Waals surface area (Å²) in [4.78, 5) is 28.6. The summed E-state index contributed by atoms with van der Waals surface area (Å²) in [6.07, 6.45) is 4.67. The second kappa shape index (κ2) is 8.68. The number of hydrogen-bond acceptors (Lipinski definition) is 5. The van der Waals surface area contributed by atoms with E-state index in [1.165, 1.54) is 0 Å². The van der Waals surface area contributed by atoms with E-state index in [-0.39, 0.29) is 6.54 Å². The number of primary amides is 1.